The first-order valence-corrected chi connectivity index (χ1v) is 10.6. The van der Waals surface area contributed by atoms with Gasteiger partial charge in [0.15, 0.2) is 5.78 Å². The van der Waals surface area contributed by atoms with Crippen LogP contribution >= 0.6 is 0 Å². The molecular weight excluding hydrogens is 398 g/mol. The maximum absolute atomic E-state index is 12.6. The molecule has 2 fully saturated rings. The van der Waals surface area contributed by atoms with Crippen LogP contribution in [0.4, 0.5) is 0 Å². The highest BCUT2D eigenvalue weighted by atomic mass is 16.4. The van der Waals surface area contributed by atoms with Crippen LogP contribution in [0.5, 0.6) is 5.75 Å². The van der Waals surface area contributed by atoms with E-state index in [4.69, 9.17) is 8.83 Å². The number of fused-ring (bicyclic) bond motifs is 2. The Kier molecular flexibility index (Phi) is 4.78. The molecule has 1 aliphatic carbocycles. The summed E-state index contributed by atoms with van der Waals surface area (Å²) in [5.74, 6) is -0.0716. The molecule has 2 saturated heterocycles. The van der Waals surface area contributed by atoms with Crippen molar-refractivity contribution >= 4 is 17.9 Å². The molecular formula is C24H23NO6. The predicted molar refractivity (Wildman–Crippen MR) is 114 cm³/mol. The standard InChI is InChI=1S/C24H23NO6/c1-13-10-19(27)20(24(29)30-13)18(26)7-6-15-12-16-11-14-4-2-8-25-9-3-5-17(21(14)25)22(16)31-23(15)28/h6-7,10-12,17,21,27H,2-5,8-9H2,1H3. The van der Waals surface area contributed by atoms with Gasteiger partial charge in [0.05, 0.1) is 5.56 Å². The summed E-state index contributed by atoms with van der Waals surface area (Å²) in [4.78, 5) is 39.5. The molecule has 3 aliphatic rings. The van der Waals surface area contributed by atoms with Gasteiger partial charge in [-0.2, -0.15) is 0 Å². The molecule has 2 unspecified atom stereocenters. The highest BCUT2D eigenvalue weighted by molar-refractivity contribution is 6.08. The molecule has 0 bridgehead atoms. The number of hydrogen-bond donors (Lipinski definition) is 1. The first-order valence-electron chi connectivity index (χ1n) is 10.6. The summed E-state index contributed by atoms with van der Waals surface area (Å²) in [6.45, 7) is 3.67. The number of carbonyl (C=O) groups excluding carboxylic acids is 1. The van der Waals surface area contributed by atoms with Gasteiger partial charge in [0, 0.05) is 23.6 Å². The second kappa shape index (κ2) is 7.50. The second-order valence-electron chi connectivity index (χ2n) is 8.46. The normalized spacial score (nSPS) is 22.7. The number of allylic oxidation sites excluding steroid dienone is 1. The van der Waals surface area contributed by atoms with Crippen LogP contribution in [0.15, 0.2) is 42.2 Å². The zero-order valence-corrected chi connectivity index (χ0v) is 17.2. The molecule has 2 aromatic heterocycles. The minimum absolute atomic E-state index is 0.186. The maximum atomic E-state index is 12.6. The summed E-state index contributed by atoms with van der Waals surface area (Å²) in [5, 5.41) is 9.94. The van der Waals surface area contributed by atoms with Gasteiger partial charge in [0.2, 0.25) is 0 Å². The largest absolute Gasteiger partial charge is 0.507 e. The number of carbonyl (C=O) groups is 1. The Morgan fingerprint density at radius 3 is 2.77 bits per heavy atom. The SMILES string of the molecule is Cc1cc(O)c(C(=O)C=Cc2cc3c(oc2=O)C2CCCN4CCCC(=C3)C24)c(=O)o1. The molecule has 0 radical (unpaired) electrons. The summed E-state index contributed by atoms with van der Waals surface area (Å²) in [5.41, 5.74) is 0.586. The van der Waals surface area contributed by atoms with E-state index in [0.717, 1.165) is 56.2 Å². The number of ketones is 1. The van der Waals surface area contributed by atoms with Crippen molar-refractivity contribution in [3.05, 3.63) is 72.8 Å². The molecule has 4 heterocycles. The van der Waals surface area contributed by atoms with Crippen LogP contribution in [0.25, 0.3) is 12.2 Å². The van der Waals surface area contributed by atoms with Crippen LogP contribution < -0.4 is 11.3 Å². The van der Waals surface area contributed by atoms with Gasteiger partial charge in [-0.05, 0) is 63.9 Å². The third kappa shape index (κ3) is 3.39. The highest BCUT2D eigenvalue weighted by Crippen LogP contribution is 2.45. The van der Waals surface area contributed by atoms with Crippen LogP contribution in [0, 0.1) is 6.92 Å². The Bertz CT molecular complexity index is 1250. The Labute approximate surface area is 178 Å². The number of aryl methyl sites for hydroxylation is 1. The van der Waals surface area contributed by atoms with Crippen molar-refractivity contribution in [2.24, 2.45) is 0 Å². The molecule has 2 aliphatic heterocycles. The van der Waals surface area contributed by atoms with E-state index < -0.39 is 28.3 Å². The summed E-state index contributed by atoms with van der Waals surface area (Å²) < 4.78 is 10.6. The summed E-state index contributed by atoms with van der Waals surface area (Å²) in [6.07, 6.45) is 8.78. The average Bonchev–Trinajstić information content (AvgIpc) is 2.72. The molecule has 0 aromatic carbocycles. The van der Waals surface area contributed by atoms with E-state index in [-0.39, 0.29) is 17.2 Å². The average molecular weight is 421 g/mol. The fourth-order valence-electron chi connectivity index (χ4n) is 5.18. The van der Waals surface area contributed by atoms with Crippen molar-refractivity contribution in [2.75, 3.05) is 13.1 Å². The Hall–Kier alpha value is -3.19. The Morgan fingerprint density at radius 1 is 1.16 bits per heavy atom. The van der Waals surface area contributed by atoms with Gasteiger partial charge in [-0.15, -0.1) is 0 Å². The number of hydrogen-bond acceptors (Lipinski definition) is 7. The lowest BCUT2D eigenvalue weighted by Gasteiger charge is -2.47. The number of aromatic hydroxyl groups is 1. The molecule has 1 N–H and O–H groups in total. The number of nitrogens with zero attached hydrogens (tertiary/aromatic N) is 1. The fourth-order valence-corrected chi connectivity index (χ4v) is 5.18. The minimum atomic E-state index is -0.917. The summed E-state index contributed by atoms with van der Waals surface area (Å²) in [6, 6.07) is 3.28. The van der Waals surface area contributed by atoms with Crippen LogP contribution in [-0.4, -0.2) is 34.9 Å². The van der Waals surface area contributed by atoms with E-state index in [1.165, 1.54) is 24.6 Å². The number of rotatable bonds is 3. The van der Waals surface area contributed by atoms with Gasteiger partial charge in [0.25, 0.3) is 0 Å². The van der Waals surface area contributed by atoms with Crippen molar-refractivity contribution in [2.45, 2.75) is 44.6 Å². The maximum Gasteiger partial charge on any atom is 0.351 e. The van der Waals surface area contributed by atoms with Crippen LogP contribution in [0.3, 0.4) is 0 Å². The van der Waals surface area contributed by atoms with E-state index in [1.807, 2.05) is 0 Å². The summed E-state index contributed by atoms with van der Waals surface area (Å²) in [7, 11) is 0. The molecule has 7 nitrogen and oxygen atoms in total. The molecule has 7 heteroatoms. The molecule has 2 aromatic rings. The monoisotopic (exact) mass is 421 g/mol. The second-order valence-corrected chi connectivity index (χ2v) is 8.46. The molecule has 0 spiro atoms. The Morgan fingerprint density at radius 2 is 1.97 bits per heavy atom. The Balaban J connectivity index is 1.50. The highest BCUT2D eigenvalue weighted by Gasteiger charge is 2.41. The number of piperidine rings is 2. The quantitative estimate of drug-likeness (QED) is 0.600. The van der Waals surface area contributed by atoms with Crippen molar-refractivity contribution in [3.63, 3.8) is 0 Å². The first-order chi connectivity index (χ1) is 14.9. The van der Waals surface area contributed by atoms with Gasteiger partial charge in [0.1, 0.15) is 22.8 Å². The van der Waals surface area contributed by atoms with Crippen molar-refractivity contribution in [1.29, 1.82) is 0 Å². The van der Waals surface area contributed by atoms with E-state index in [2.05, 4.69) is 11.0 Å². The van der Waals surface area contributed by atoms with Crippen LogP contribution in [0.1, 0.15) is 64.6 Å². The van der Waals surface area contributed by atoms with E-state index >= 15 is 0 Å². The fraction of sp³-hybridized carbons (Fsp3) is 0.375. The van der Waals surface area contributed by atoms with E-state index in [1.54, 1.807) is 6.07 Å². The van der Waals surface area contributed by atoms with Gasteiger partial charge in [-0.3, -0.25) is 9.69 Å². The van der Waals surface area contributed by atoms with Crippen LogP contribution in [0.2, 0.25) is 0 Å². The third-order valence-electron chi connectivity index (χ3n) is 6.45. The van der Waals surface area contributed by atoms with Crippen molar-refractivity contribution in [3.8, 4) is 5.75 Å². The smallest absolute Gasteiger partial charge is 0.351 e. The topological polar surface area (TPSA) is 101 Å². The molecule has 5 rings (SSSR count). The van der Waals surface area contributed by atoms with Crippen molar-refractivity contribution < 1.29 is 18.7 Å². The molecule has 160 valence electrons. The van der Waals surface area contributed by atoms with Crippen molar-refractivity contribution in [1.82, 2.24) is 4.90 Å². The zero-order valence-electron chi connectivity index (χ0n) is 17.2. The van der Waals surface area contributed by atoms with Gasteiger partial charge in [-0.25, -0.2) is 9.59 Å². The minimum Gasteiger partial charge on any atom is -0.507 e. The molecule has 0 amide bonds. The zero-order chi connectivity index (χ0) is 21.7. The predicted octanol–water partition coefficient (Wildman–Crippen LogP) is 3.24. The third-order valence-corrected chi connectivity index (χ3v) is 6.45. The summed E-state index contributed by atoms with van der Waals surface area (Å²) >= 11 is 0. The lowest BCUT2D eigenvalue weighted by atomic mass is 9.74. The van der Waals surface area contributed by atoms with E-state index in [9.17, 15) is 19.5 Å². The van der Waals surface area contributed by atoms with Crippen LogP contribution in [-0.2, 0) is 0 Å². The molecule has 31 heavy (non-hydrogen) atoms. The first kappa shape index (κ1) is 19.8. The molecule has 2 atom stereocenters. The van der Waals surface area contributed by atoms with Gasteiger partial charge < -0.3 is 13.9 Å². The molecule has 0 saturated carbocycles. The lowest BCUT2D eigenvalue weighted by Crippen LogP contribution is -2.49. The van der Waals surface area contributed by atoms with Gasteiger partial charge >= 0.3 is 11.3 Å². The lowest BCUT2D eigenvalue weighted by molar-refractivity contribution is 0.104. The van der Waals surface area contributed by atoms with Gasteiger partial charge in [-0.1, -0.05) is 11.6 Å². The van der Waals surface area contributed by atoms with E-state index in [0.29, 0.717) is 6.04 Å².